The lowest BCUT2D eigenvalue weighted by atomic mass is 10.1. The van der Waals surface area contributed by atoms with Crippen molar-refractivity contribution in [2.75, 3.05) is 19.5 Å². The van der Waals surface area contributed by atoms with Gasteiger partial charge in [0.2, 0.25) is 0 Å². The van der Waals surface area contributed by atoms with E-state index in [1.807, 2.05) is 36.5 Å². The second kappa shape index (κ2) is 5.52. The number of rotatable bonds is 4. The summed E-state index contributed by atoms with van der Waals surface area (Å²) >= 11 is 0. The molecule has 1 aliphatic rings. The van der Waals surface area contributed by atoms with Gasteiger partial charge in [0.25, 0.3) is 0 Å². The summed E-state index contributed by atoms with van der Waals surface area (Å²) in [4.78, 5) is 0. The molecule has 0 atom stereocenters. The summed E-state index contributed by atoms with van der Waals surface area (Å²) < 4.78 is 10.8. The summed E-state index contributed by atoms with van der Waals surface area (Å²) in [5, 5.41) is 19.1. The lowest BCUT2D eigenvalue weighted by molar-refractivity contribution is 0.355. The van der Waals surface area contributed by atoms with Gasteiger partial charge in [0.05, 0.1) is 31.6 Å². The van der Waals surface area contributed by atoms with Crippen molar-refractivity contribution in [3.05, 3.63) is 47.7 Å². The number of hydrogen-bond acceptors (Lipinski definition) is 5. The van der Waals surface area contributed by atoms with Gasteiger partial charge in [-0.3, -0.25) is 10.2 Å². The highest BCUT2D eigenvalue weighted by Crippen LogP contribution is 2.44. The van der Waals surface area contributed by atoms with Crippen LogP contribution in [0.15, 0.2) is 36.5 Å². The van der Waals surface area contributed by atoms with E-state index < -0.39 is 0 Å². The minimum atomic E-state index is 0.716. The molecular weight excluding hydrogens is 330 g/mol. The van der Waals surface area contributed by atoms with E-state index in [1.54, 1.807) is 14.2 Å². The first-order valence-electron chi connectivity index (χ1n) is 8.29. The molecule has 4 aromatic rings. The maximum Gasteiger partial charge on any atom is 0.161 e. The average molecular weight is 347 g/mol. The number of aromatic amines is 2. The van der Waals surface area contributed by atoms with E-state index in [4.69, 9.17) is 9.47 Å². The van der Waals surface area contributed by atoms with Crippen LogP contribution in [0.5, 0.6) is 11.5 Å². The molecule has 130 valence electrons. The quantitative estimate of drug-likeness (QED) is 0.462. The normalized spacial score (nSPS) is 12.1. The van der Waals surface area contributed by atoms with Crippen molar-refractivity contribution < 1.29 is 9.47 Å². The standard InChI is InChI=1S/C19H17N5O2/c1-25-16-6-11-5-14-18(13(11)8-17(16)26-2)23-24-19(14)21-12-4-3-10-9-20-22-15(10)7-12/h3-4,6-9H,5H2,1-2H3,(H,20,22)(H2,21,23,24). The second-order valence-electron chi connectivity index (χ2n) is 6.26. The Balaban J connectivity index is 1.51. The van der Waals surface area contributed by atoms with E-state index in [-0.39, 0.29) is 0 Å². The van der Waals surface area contributed by atoms with Gasteiger partial charge in [-0.25, -0.2) is 0 Å². The number of hydrogen-bond donors (Lipinski definition) is 3. The van der Waals surface area contributed by atoms with E-state index in [1.165, 1.54) is 5.56 Å². The van der Waals surface area contributed by atoms with Crippen LogP contribution in [0, 0.1) is 0 Å². The molecule has 0 fully saturated rings. The van der Waals surface area contributed by atoms with Crippen LogP contribution in [0.25, 0.3) is 22.2 Å². The zero-order valence-electron chi connectivity index (χ0n) is 14.4. The SMILES string of the molecule is COc1cc2c(cc1OC)-c1[nH]nc(Nc3ccc4cn[nH]c4c3)c1C2. The van der Waals surface area contributed by atoms with E-state index >= 15 is 0 Å². The Morgan fingerprint density at radius 2 is 1.88 bits per heavy atom. The average Bonchev–Trinajstić information content (AvgIpc) is 3.36. The molecule has 1 aliphatic carbocycles. The molecule has 0 saturated heterocycles. The van der Waals surface area contributed by atoms with Crippen LogP contribution in [0.3, 0.4) is 0 Å². The molecule has 2 heterocycles. The summed E-state index contributed by atoms with van der Waals surface area (Å²) in [5.41, 5.74) is 6.40. The first kappa shape index (κ1) is 14.8. The van der Waals surface area contributed by atoms with Crippen LogP contribution in [-0.4, -0.2) is 34.6 Å². The number of nitrogens with one attached hydrogen (secondary N) is 3. The topological polar surface area (TPSA) is 87.8 Å². The van der Waals surface area contributed by atoms with Crippen LogP contribution >= 0.6 is 0 Å². The van der Waals surface area contributed by atoms with Gasteiger partial charge in [-0.2, -0.15) is 10.2 Å². The van der Waals surface area contributed by atoms with Crippen molar-refractivity contribution in [2.45, 2.75) is 6.42 Å². The second-order valence-corrected chi connectivity index (χ2v) is 6.26. The minimum Gasteiger partial charge on any atom is -0.493 e. The van der Waals surface area contributed by atoms with Crippen LogP contribution in [0.1, 0.15) is 11.1 Å². The Labute approximate surface area is 149 Å². The fourth-order valence-electron chi connectivity index (χ4n) is 3.51. The number of H-pyrrole nitrogens is 2. The monoisotopic (exact) mass is 347 g/mol. The third kappa shape index (κ3) is 2.13. The summed E-state index contributed by atoms with van der Waals surface area (Å²) in [5.74, 6) is 2.28. The third-order valence-corrected chi connectivity index (χ3v) is 4.82. The van der Waals surface area contributed by atoms with Crippen molar-refractivity contribution in [1.82, 2.24) is 20.4 Å². The molecule has 3 N–H and O–H groups in total. The van der Waals surface area contributed by atoms with Gasteiger partial charge < -0.3 is 14.8 Å². The fraction of sp³-hybridized carbons (Fsp3) is 0.158. The van der Waals surface area contributed by atoms with Crippen molar-refractivity contribution >= 4 is 22.4 Å². The van der Waals surface area contributed by atoms with Gasteiger partial charge in [0.1, 0.15) is 0 Å². The molecule has 0 amide bonds. The van der Waals surface area contributed by atoms with E-state index in [0.717, 1.165) is 51.4 Å². The Kier molecular flexibility index (Phi) is 3.15. The van der Waals surface area contributed by atoms with Gasteiger partial charge in [0.15, 0.2) is 17.3 Å². The van der Waals surface area contributed by atoms with Crippen LogP contribution in [0.4, 0.5) is 11.5 Å². The number of anilines is 2. The minimum absolute atomic E-state index is 0.716. The first-order valence-corrected chi connectivity index (χ1v) is 8.29. The number of fused-ring (bicyclic) bond motifs is 4. The Morgan fingerprint density at radius 1 is 1.04 bits per heavy atom. The van der Waals surface area contributed by atoms with Crippen molar-refractivity contribution in [3.8, 4) is 22.8 Å². The molecule has 26 heavy (non-hydrogen) atoms. The van der Waals surface area contributed by atoms with Crippen LogP contribution < -0.4 is 14.8 Å². The summed E-state index contributed by atoms with van der Waals surface area (Å²) in [6.07, 6.45) is 2.60. The van der Waals surface area contributed by atoms with E-state index in [0.29, 0.717) is 5.75 Å². The van der Waals surface area contributed by atoms with Gasteiger partial charge >= 0.3 is 0 Å². The maximum atomic E-state index is 5.43. The smallest absolute Gasteiger partial charge is 0.161 e. The third-order valence-electron chi connectivity index (χ3n) is 4.82. The van der Waals surface area contributed by atoms with Crippen LogP contribution in [-0.2, 0) is 6.42 Å². The van der Waals surface area contributed by atoms with E-state index in [9.17, 15) is 0 Å². The zero-order valence-corrected chi connectivity index (χ0v) is 14.4. The summed E-state index contributed by atoms with van der Waals surface area (Å²) in [6, 6.07) is 10.1. The molecule has 0 spiro atoms. The zero-order chi connectivity index (χ0) is 17.7. The van der Waals surface area contributed by atoms with Gasteiger partial charge in [-0.15, -0.1) is 0 Å². The molecule has 5 rings (SSSR count). The molecule has 2 aromatic heterocycles. The molecule has 0 unspecified atom stereocenters. The van der Waals surface area contributed by atoms with Crippen LogP contribution in [0.2, 0.25) is 0 Å². The molecule has 0 radical (unpaired) electrons. The number of aromatic nitrogens is 4. The Bertz CT molecular complexity index is 1130. The van der Waals surface area contributed by atoms with Crippen molar-refractivity contribution in [2.24, 2.45) is 0 Å². The first-order chi connectivity index (χ1) is 12.8. The molecule has 0 saturated carbocycles. The number of ether oxygens (including phenoxy) is 2. The highest BCUT2D eigenvalue weighted by atomic mass is 16.5. The van der Waals surface area contributed by atoms with Crippen molar-refractivity contribution in [3.63, 3.8) is 0 Å². The lowest BCUT2D eigenvalue weighted by Gasteiger charge is -2.10. The van der Waals surface area contributed by atoms with Gasteiger partial charge in [-0.05, 0) is 35.9 Å². The molecule has 0 bridgehead atoms. The van der Waals surface area contributed by atoms with E-state index in [2.05, 4.69) is 25.7 Å². The molecule has 2 aromatic carbocycles. The Hall–Kier alpha value is -3.48. The number of methoxy groups -OCH3 is 2. The molecular formula is C19H17N5O2. The predicted molar refractivity (Wildman–Crippen MR) is 99.3 cm³/mol. The number of benzene rings is 2. The van der Waals surface area contributed by atoms with Crippen molar-refractivity contribution in [1.29, 1.82) is 0 Å². The lowest BCUT2D eigenvalue weighted by Crippen LogP contribution is -1.95. The van der Waals surface area contributed by atoms with Gasteiger partial charge in [0, 0.05) is 28.6 Å². The molecule has 0 aliphatic heterocycles. The summed E-state index contributed by atoms with van der Waals surface area (Å²) in [7, 11) is 3.30. The highest BCUT2D eigenvalue weighted by Gasteiger charge is 2.26. The maximum absolute atomic E-state index is 5.43. The summed E-state index contributed by atoms with van der Waals surface area (Å²) in [6.45, 7) is 0. The van der Waals surface area contributed by atoms with Gasteiger partial charge in [-0.1, -0.05) is 0 Å². The molecule has 7 nitrogen and oxygen atoms in total. The fourth-order valence-corrected chi connectivity index (χ4v) is 3.51. The Morgan fingerprint density at radius 3 is 2.73 bits per heavy atom. The predicted octanol–water partition coefficient (Wildman–Crippen LogP) is 3.62. The number of nitrogens with zero attached hydrogens (tertiary/aromatic N) is 2. The molecule has 7 heteroatoms. The largest absolute Gasteiger partial charge is 0.493 e. The highest BCUT2D eigenvalue weighted by molar-refractivity contribution is 5.85.